The second-order valence-electron chi connectivity index (χ2n) is 17.7. The number of aromatic nitrogens is 2. The maximum atomic E-state index is 2.59. The third-order valence-corrected chi connectivity index (χ3v) is 21.3. The lowest BCUT2D eigenvalue weighted by Crippen LogP contribution is -2.59. The van der Waals surface area contributed by atoms with Gasteiger partial charge >= 0.3 is 0 Å². The third kappa shape index (κ3) is 4.11. The number of fused-ring (bicyclic) bond motifs is 10. The fraction of sp³-hybridized carbons (Fsp3) is 0.154. The molecule has 0 radical (unpaired) electrons. The highest BCUT2D eigenvalue weighted by Gasteiger charge is 2.41. The summed E-state index contributed by atoms with van der Waals surface area (Å²) in [6, 6.07) is 47.7. The van der Waals surface area contributed by atoms with E-state index in [0.29, 0.717) is 0 Å². The average molecular weight is 753 g/mol. The molecule has 270 valence electrons. The summed E-state index contributed by atoms with van der Waals surface area (Å²) in [6.07, 6.45) is 6.93. The molecule has 2 nitrogen and oxygen atoms in total. The van der Waals surface area contributed by atoms with Gasteiger partial charge in [0.1, 0.15) is 16.1 Å². The molecule has 0 N–H and O–H groups in total. The van der Waals surface area contributed by atoms with Crippen LogP contribution in [0.25, 0.3) is 94.1 Å². The Morgan fingerprint density at radius 1 is 0.446 bits per heavy atom. The predicted molar refractivity (Wildman–Crippen MR) is 247 cm³/mol. The maximum absolute atomic E-state index is 2.59. The second kappa shape index (κ2) is 11.0. The van der Waals surface area contributed by atoms with Crippen molar-refractivity contribution in [2.45, 2.75) is 39.0 Å². The fourth-order valence-electron chi connectivity index (χ4n) is 11.2. The van der Waals surface area contributed by atoms with Crippen molar-refractivity contribution in [3.05, 3.63) is 139 Å². The number of benzene rings is 7. The Bertz CT molecular complexity index is 3280. The van der Waals surface area contributed by atoms with Crippen LogP contribution in [0.15, 0.2) is 127 Å². The van der Waals surface area contributed by atoms with Gasteiger partial charge in [0.2, 0.25) is 0 Å². The average Bonchev–Trinajstić information content (AvgIpc) is 3.68. The van der Waals surface area contributed by atoms with Crippen molar-refractivity contribution >= 4 is 86.5 Å². The molecule has 0 bridgehead atoms. The van der Waals surface area contributed by atoms with Gasteiger partial charge in [0.05, 0.1) is 0 Å². The van der Waals surface area contributed by atoms with Crippen LogP contribution < -0.4 is 20.7 Å². The molecular weight excluding hydrogens is 709 g/mol. The first-order valence-electron chi connectivity index (χ1n) is 20.3. The molecule has 3 aliphatic rings. The molecule has 0 saturated heterocycles. The minimum Gasteiger partial charge on any atom is -0.347 e. The van der Waals surface area contributed by atoms with E-state index in [1.54, 1.807) is 20.7 Å². The number of aryl methyl sites for hydroxylation is 2. The van der Waals surface area contributed by atoms with Crippen molar-refractivity contribution in [3.8, 4) is 44.5 Å². The number of hydrogen-bond acceptors (Lipinski definition) is 0. The molecule has 56 heavy (non-hydrogen) atoms. The van der Waals surface area contributed by atoms with Crippen molar-refractivity contribution < 1.29 is 0 Å². The zero-order valence-corrected chi connectivity index (χ0v) is 35.0. The van der Waals surface area contributed by atoms with Crippen LogP contribution in [0.2, 0.25) is 26.2 Å². The highest BCUT2D eigenvalue weighted by atomic mass is 28.3. The molecule has 9 aromatic rings. The molecule has 0 saturated carbocycles. The standard InChI is InChI=1S/C52H44N2Si2/c1-53-43-13-9-7-11-35(43)41-27-31(17-23-45(41)53)33-15-19-37-39-21-22-40-38-20-16-34(32-18-24-46-42(28-32)36-12-8-10-14-44(36)54(46)2)30-50(38)56(5,6)48-26-25-47(51(39)52(40)48)55(3,4)49(37)29-33/h7-9,11-13,15-30H,10,14H2,1-6H3. The van der Waals surface area contributed by atoms with E-state index in [-0.39, 0.29) is 0 Å². The molecule has 1 aliphatic carbocycles. The molecule has 2 aromatic heterocycles. The molecule has 4 heterocycles. The molecule has 7 aromatic carbocycles. The molecule has 0 spiro atoms. The smallest absolute Gasteiger partial charge is 0.113 e. The Balaban J connectivity index is 1.00. The van der Waals surface area contributed by atoms with Gasteiger partial charge in [-0.1, -0.05) is 129 Å². The largest absolute Gasteiger partial charge is 0.347 e. The van der Waals surface area contributed by atoms with Crippen LogP contribution in [0.1, 0.15) is 17.7 Å². The lowest BCUT2D eigenvalue weighted by molar-refractivity contribution is 0.824. The van der Waals surface area contributed by atoms with E-state index >= 15 is 0 Å². The van der Waals surface area contributed by atoms with Gasteiger partial charge in [0.15, 0.2) is 0 Å². The molecule has 0 fully saturated rings. The molecular formula is C52H44N2Si2. The minimum absolute atomic E-state index is 1.12. The van der Waals surface area contributed by atoms with Crippen molar-refractivity contribution in [2.24, 2.45) is 14.1 Å². The second-order valence-corrected chi connectivity index (χ2v) is 26.4. The number of nitrogens with zero attached hydrogens (tertiary/aromatic N) is 2. The molecule has 12 rings (SSSR count). The number of allylic oxidation sites excluding steroid dienone is 1. The summed E-state index contributed by atoms with van der Waals surface area (Å²) in [5.74, 6) is 0. The molecule has 0 atom stereocenters. The first kappa shape index (κ1) is 32.5. The van der Waals surface area contributed by atoms with Crippen molar-refractivity contribution in [1.82, 2.24) is 9.13 Å². The van der Waals surface area contributed by atoms with E-state index < -0.39 is 16.1 Å². The maximum Gasteiger partial charge on any atom is 0.113 e. The lowest BCUT2D eigenvalue weighted by atomic mass is 9.89. The van der Waals surface area contributed by atoms with Gasteiger partial charge in [-0.3, -0.25) is 0 Å². The van der Waals surface area contributed by atoms with E-state index in [2.05, 4.69) is 183 Å². The van der Waals surface area contributed by atoms with Crippen LogP contribution in [0.3, 0.4) is 0 Å². The fourth-order valence-corrected chi connectivity index (χ4v) is 17.4. The monoisotopic (exact) mass is 752 g/mol. The van der Waals surface area contributed by atoms with Crippen LogP contribution in [0.4, 0.5) is 0 Å². The van der Waals surface area contributed by atoms with Gasteiger partial charge in [0.25, 0.3) is 0 Å². The van der Waals surface area contributed by atoms with Gasteiger partial charge in [0, 0.05) is 58.1 Å². The normalized spacial score (nSPS) is 15.8. The number of para-hydroxylation sites is 1. The SMILES string of the molecule is Cn1c2c(c3cc(-c4ccc5c(c4)[Si](C)(C)c4ccc6c7c(ccc-5c47)-c4ccc(-c5ccc7c(c5)c5ccccc5n7C)cc4[Si]6(C)C)ccc31)C=CCC2. The Labute approximate surface area is 330 Å². The van der Waals surface area contributed by atoms with Gasteiger partial charge < -0.3 is 9.13 Å². The summed E-state index contributed by atoms with van der Waals surface area (Å²) in [4.78, 5) is 0. The first-order valence-corrected chi connectivity index (χ1v) is 26.3. The summed E-state index contributed by atoms with van der Waals surface area (Å²) < 4.78 is 4.73. The first-order chi connectivity index (χ1) is 27.1. The Hall–Kier alpha value is -5.69. The molecule has 4 heteroatoms. The Morgan fingerprint density at radius 3 is 1.57 bits per heavy atom. The van der Waals surface area contributed by atoms with Crippen LogP contribution in [-0.4, -0.2) is 25.3 Å². The van der Waals surface area contributed by atoms with Crippen molar-refractivity contribution in [3.63, 3.8) is 0 Å². The van der Waals surface area contributed by atoms with Crippen molar-refractivity contribution in [2.75, 3.05) is 0 Å². The summed E-state index contributed by atoms with van der Waals surface area (Å²) in [5, 5.41) is 13.3. The summed E-state index contributed by atoms with van der Waals surface area (Å²) >= 11 is 0. The highest BCUT2D eigenvalue weighted by Crippen LogP contribution is 2.43. The Morgan fingerprint density at radius 2 is 0.946 bits per heavy atom. The van der Waals surface area contributed by atoms with Crippen molar-refractivity contribution in [1.29, 1.82) is 0 Å². The van der Waals surface area contributed by atoms with Gasteiger partial charge in [-0.05, 0) is 119 Å². The van der Waals surface area contributed by atoms with Crippen LogP contribution in [-0.2, 0) is 20.5 Å². The zero-order valence-electron chi connectivity index (χ0n) is 33.0. The third-order valence-electron chi connectivity index (χ3n) is 14.2. The molecule has 0 amide bonds. The Kier molecular flexibility index (Phi) is 6.39. The van der Waals surface area contributed by atoms with E-state index in [1.165, 1.54) is 99.2 Å². The highest BCUT2D eigenvalue weighted by molar-refractivity contribution is 7.05. The van der Waals surface area contributed by atoms with Crippen LogP contribution in [0.5, 0.6) is 0 Å². The van der Waals surface area contributed by atoms with E-state index in [1.807, 2.05) is 0 Å². The molecule has 0 unspecified atom stereocenters. The predicted octanol–water partition coefficient (Wildman–Crippen LogP) is 10.9. The van der Waals surface area contributed by atoms with Gasteiger partial charge in [-0.15, -0.1) is 0 Å². The number of hydrogen-bond donors (Lipinski definition) is 0. The van der Waals surface area contributed by atoms with E-state index in [4.69, 9.17) is 0 Å². The molecule has 2 aliphatic heterocycles. The van der Waals surface area contributed by atoms with E-state index in [0.717, 1.165) is 12.8 Å². The summed E-state index contributed by atoms with van der Waals surface area (Å²) in [5.41, 5.74) is 17.7. The van der Waals surface area contributed by atoms with E-state index in [9.17, 15) is 0 Å². The van der Waals surface area contributed by atoms with Crippen LogP contribution >= 0.6 is 0 Å². The topological polar surface area (TPSA) is 9.86 Å². The lowest BCUT2D eigenvalue weighted by Gasteiger charge is -2.39. The minimum atomic E-state index is -2.07. The summed E-state index contributed by atoms with van der Waals surface area (Å²) in [7, 11) is 0.272. The zero-order chi connectivity index (χ0) is 37.8. The number of rotatable bonds is 2. The quantitative estimate of drug-likeness (QED) is 0.156. The van der Waals surface area contributed by atoms with Gasteiger partial charge in [-0.25, -0.2) is 0 Å². The van der Waals surface area contributed by atoms with Gasteiger partial charge in [-0.2, -0.15) is 0 Å². The van der Waals surface area contributed by atoms with Crippen LogP contribution in [0, 0.1) is 0 Å². The summed E-state index contributed by atoms with van der Waals surface area (Å²) in [6.45, 7) is 10.3.